The van der Waals surface area contributed by atoms with Crippen LogP contribution in [0.15, 0.2) is 12.2 Å². The average molecular weight is 379 g/mol. The summed E-state index contributed by atoms with van der Waals surface area (Å²) in [5.41, 5.74) is -0.934. The number of fused-ring (bicyclic) bond motifs is 1. The molecule has 1 aliphatic heterocycles. The first kappa shape index (κ1) is 19.8. The summed E-state index contributed by atoms with van der Waals surface area (Å²) in [4.78, 5) is 26.0. The van der Waals surface area contributed by atoms with Gasteiger partial charge in [-0.25, -0.2) is 0 Å². The van der Waals surface area contributed by atoms with Crippen LogP contribution in [0.5, 0.6) is 0 Å². The minimum absolute atomic E-state index is 0.0424. The molecule has 1 spiro atoms. The van der Waals surface area contributed by atoms with E-state index in [0.29, 0.717) is 12.0 Å². The molecule has 0 aromatic carbocycles. The molecule has 1 heterocycles. The van der Waals surface area contributed by atoms with Gasteiger partial charge in [-0.15, -0.1) is 0 Å². The maximum Gasteiger partial charge on any atom is 0.324 e. The molecule has 2 saturated carbocycles. The second kappa shape index (κ2) is 5.78. The van der Waals surface area contributed by atoms with Crippen LogP contribution in [0, 0.1) is 22.7 Å². The summed E-state index contributed by atoms with van der Waals surface area (Å²) in [6, 6.07) is 0. The third kappa shape index (κ3) is 2.49. The molecule has 0 amide bonds. The molecule has 2 aliphatic carbocycles. The lowest BCUT2D eigenvalue weighted by molar-refractivity contribution is -0.152. The molecule has 0 aromatic rings. The van der Waals surface area contributed by atoms with E-state index in [-0.39, 0.29) is 41.3 Å². The van der Waals surface area contributed by atoms with Crippen molar-refractivity contribution in [1.29, 1.82) is 0 Å². The van der Waals surface area contributed by atoms with Crippen molar-refractivity contribution in [2.24, 2.45) is 22.7 Å². The Bertz CT molecular complexity index is 643. The van der Waals surface area contributed by atoms with Gasteiger partial charge in [-0.05, 0) is 54.8 Å². The number of hydrogen-bond acceptors (Lipinski definition) is 4. The summed E-state index contributed by atoms with van der Waals surface area (Å²) in [6.07, 6.45) is 2.43. The highest BCUT2D eigenvalue weighted by atomic mass is 28.4. The van der Waals surface area contributed by atoms with Gasteiger partial charge in [0.15, 0.2) is 19.5 Å². The van der Waals surface area contributed by atoms with Gasteiger partial charge in [0.05, 0.1) is 0 Å². The fourth-order valence-electron chi connectivity index (χ4n) is 5.04. The zero-order valence-corrected chi connectivity index (χ0v) is 18.4. The average Bonchev–Trinajstić information content (AvgIpc) is 2.91. The first-order valence-electron chi connectivity index (χ1n) is 9.85. The van der Waals surface area contributed by atoms with E-state index in [0.717, 1.165) is 12.8 Å². The predicted octanol–water partition coefficient (Wildman–Crippen LogP) is 4.50. The summed E-state index contributed by atoms with van der Waals surface area (Å²) < 4.78 is 11.9. The lowest BCUT2D eigenvalue weighted by Gasteiger charge is -2.47. The Hall–Kier alpha value is -0.943. The molecule has 5 atom stereocenters. The van der Waals surface area contributed by atoms with Crippen LogP contribution >= 0.6 is 0 Å². The lowest BCUT2D eigenvalue weighted by Crippen LogP contribution is -2.50. The van der Waals surface area contributed by atoms with E-state index in [2.05, 4.69) is 54.3 Å². The SMILES string of the molecule is C=C1COC(=O)[C@@]12C[C@@H]1C[C@@H](O[Si](C)(C)C(C)(C)C)C[C@@H](C)[C@]1(C)C2=O. The monoisotopic (exact) mass is 378 g/mol. The van der Waals surface area contributed by atoms with E-state index in [4.69, 9.17) is 9.16 Å². The number of ether oxygens (including phenoxy) is 1. The number of hydrogen-bond donors (Lipinski definition) is 0. The minimum atomic E-state index is -1.87. The summed E-state index contributed by atoms with van der Waals surface area (Å²) in [5.74, 6) is -0.00187. The molecule has 3 aliphatic rings. The standard InChI is InChI=1S/C21H34O4Si/c1-13-9-16(25-26(7,8)19(3,4)5)10-15-11-21(17(22)20(13,15)6)14(2)12-24-18(21)23/h13,15-16H,2,9-12H2,1,3-8H3/t13-,15+,16+,20+,21+/m1/s1. The highest BCUT2D eigenvalue weighted by Gasteiger charge is 2.69. The van der Waals surface area contributed by atoms with E-state index < -0.39 is 19.1 Å². The summed E-state index contributed by atoms with van der Waals surface area (Å²) in [5, 5.41) is 0.160. The van der Waals surface area contributed by atoms with Crippen molar-refractivity contribution in [2.45, 2.75) is 78.1 Å². The summed E-state index contributed by atoms with van der Waals surface area (Å²) in [6.45, 7) is 19.7. The molecule has 1 saturated heterocycles. The molecule has 0 aromatic heterocycles. The van der Waals surface area contributed by atoms with Crippen molar-refractivity contribution < 1.29 is 18.8 Å². The fraction of sp³-hybridized carbons (Fsp3) is 0.810. The molecule has 5 heteroatoms. The molecule has 0 unspecified atom stereocenters. The number of carbonyl (C=O) groups excluding carboxylic acids is 2. The van der Waals surface area contributed by atoms with E-state index >= 15 is 0 Å². The van der Waals surface area contributed by atoms with E-state index in [1.54, 1.807) is 0 Å². The van der Waals surface area contributed by atoms with Crippen LogP contribution in [0.1, 0.15) is 53.9 Å². The second-order valence-corrected chi connectivity index (χ2v) is 15.2. The Kier molecular flexibility index (Phi) is 4.40. The first-order valence-corrected chi connectivity index (χ1v) is 12.8. The van der Waals surface area contributed by atoms with Crippen molar-refractivity contribution in [1.82, 2.24) is 0 Å². The molecule has 26 heavy (non-hydrogen) atoms. The number of cyclic esters (lactones) is 1. The first-order chi connectivity index (χ1) is 11.8. The van der Waals surface area contributed by atoms with Crippen molar-refractivity contribution >= 4 is 20.1 Å². The molecule has 0 radical (unpaired) electrons. The van der Waals surface area contributed by atoms with Gasteiger partial charge in [0.1, 0.15) is 6.61 Å². The second-order valence-electron chi connectivity index (χ2n) is 10.5. The summed E-state index contributed by atoms with van der Waals surface area (Å²) in [7, 11) is -1.87. The maximum absolute atomic E-state index is 13.5. The smallest absolute Gasteiger partial charge is 0.324 e. The normalized spacial score (nSPS) is 40.9. The van der Waals surface area contributed by atoms with Crippen LogP contribution < -0.4 is 0 Å². The van der Waals surface area contributed by atoms with Crippen molar-refractivity contribution in [3.63, 3.8) is 0 Å². The molecule has 146 valence electrons. The minimum Gasteiger partial charge on any atom is -0.460 e. The Labute approximate surface area is 158 Å². The largest absolute Gasteiger partial charge is 0.460 e. The molecule has 3 fully saturated rings. The number of carbonyl (C=O) groups is 2. The highest BCUT2D eigenvalue weighted by molar-refractivity contribution is 6.74. The topological polar surface area (TPSA) is 52.6 Å². The molecule has 3 rings (SSSR count). The molecular weight excluding hydrogens is 344 g/mol. The molecule has 0 bridgehead atoms. The Balaban J connectivity index is 1.88. The van der Waals surface area contributed by atoms with Crippen LogP contribution in [0.2, 0.25) is 18.1 Å². The quantitative estimate of drug-likeness (QED) is 0.307. The van der Waals surface area contributed by atoms with Crippen LogP contribution in [0.4, 0.5) is 0 Å². The summed E-state index contributed by atoms with van der Waals surface area (Å²) >= 11 is 0. The van der Waals surface area contributed by atoms with Gasteiger partial charge in [-0.2, -0.15) is 0 Å². The molecular formula is C21H34O4Si. The van der Waals surface area contributed by atoms with Gasteiger partial charge in [-0.3, -0.25) is 9.59 Å². The van der Waals surface area contributed by atoms with Crippen LogP contribution in [0.25, 0.3) is 0 Å². The van der Waals surface area contributed by atoms with E-state index in [1.165, 1.54) is 0 Å². The van der Waals surface area contributed by atoms with Gasteiger partial charge < -0.3 is 9.16 Å². The van der Waals surface area contributed by atoms with E-state index in [1.807, 2.05) is 0 Å². The zero-order chi connectivity index (χ0) is 19.7. The van der Waals surface area contributed by atoms with Crippen LogP contribution in [-0.2, 0) is 18.8 Å². The van der Waals surface area contributed by atoms with Gasteiger partial charge in [0, 0.05) is 11.5 Å². The zero-order valence-electron chi connectivity index (χ0n) is 17.4. The number of rotatable bonds is 2. The van der Waals surface area contributed by atoms with Crippen molar-refractivity contribution in [2.75, 3.05) is 6.61 Å². The van der Waals surface area contributed by atoms with Gasteiger partial charge in [-0.1, -0.05) is 41.2 Å². The van der Waals surface area contributed by atoms with Crippen LogP contribution in [-0.4, -0.2) is 32.8 Å². The molecule has 4 nitrogen and oxygen atoms in total. The predicted molar refractivity (Wildman–Crippen MR) is 104 cm³/mol. The number of Topliss-reactive ketones (excluding diaryl/α,β-unsaturated/α-hetero) is 1. The Morgan fingerprint density at radius 3 is 2.35 bits per heavy atom. The fourth-order valence-corrected chi connectivity index (χ4v) is 6.42. The van der Waals surface area contributed by atoms with Crippen molar-refractivity contribution in [3.8, 4) is 0 Å². The van der Waals surface area contributed by atoms with Gasteiger partial charge in [0.2, 0.25) is 0 Å². The third-order valence-corrected chi connectivity index (χ3v) is 12.6. The van der Waals surface area contributed by atoms with Crippen LogP contribution in [0.3, 0.4) is 0 Å². The Morgan fingerprint density at radius 2 is 1.85 bits per heavy atom. The van der Waals surface area contributed by atoms with Gasteiger partial charge >= 0.3 is 5.97 Å². The maximum atomic E-state index is 13.5. The lowest BCUT2D eigenvalue weighted by atomic mass is 9.61. The Morgan fingerprint density at radius 1 is 1.23 bits per heavy atom. The van der Waals surface area contributed by atoms with Crippen molar-refractivity contribution in [3.05, 3.63) is 12.2 Å². The van der Waals surface area contributed by atoms with E-state index in [9.17, 15) is 9.59 Å². The highest BCUT2D eigenvalue weighted by Crippen LogP contribution is 2.63. The third-order valence-electron chi connectivity index (χ3n) is 8.06. The molecule has 0 N–H and O–H groups in total. The van der Waals surface area contributed by atoms with Gasteiger partial charge in [0.25, 0.3) is 0 Å². The number of esters is 1. The number of ketones is 1.